The van der Waals surface area contributed by atoms with Crippen molar-refractivity contribution in [2.75, 3.05) is 25.5 Å². The second kappa shape index (κ2) is 8.89. The Bertz CT molecular complexity index is 881. The molecule has 0 radical (unpaired) electrons. The van der Waals surface area contributed by atoms with Gasteiger partial charge in [-0.1, -0.05) is 24.6 Å². The summed E-state index contributed by atoms with van der Waals surface area (Å²) in [6.07, 6.45) is 6.50. The first-order valence-corrected chi connectivity index (χ1v) is 9.47. The summed E-state index contributed by atoms with van der Waals surface area (Å²) in [6, 6.07) is 5.49. The number of rotatable bonds is 5. The first-order valence-electron chi connectivity index (χ1n) is 9.09. The Labute approximate surface area is 169 Å². The number of carbonyl (C=O) groups excluding carboxylic acids is 1. The van der Waals surface area contributed by atoms with Crippen molar-refractivity contribution in [1.82, 2.24) is 14.9 Å². The van der Waals surface area contributed by atoms with Gasteiger partial charge in [-0.25, -0.2) is 4.98 Å². The summed E-state index contributed by atoms with van der Waals surface area (Å²) in [7, 11) is 1.51. The predicted molar refractivity (Wildman–Crippen MR) is 106 cm³/mol. The van der Waals surface area contributed by atoms with E-state index in [0.29, 0.717) is 28.4 Å². The van der Waals surface area contributed by atoms with Crippen LogP contribution in [0.3, 0.4) is 0 Å². The van der Waals surface area contributed by atoms with E-state index in [1.165, 1.54) is 13.3 Å². The molecule has 0 saturated carbocycles. The third kappa shape index (κ3) is 4.70. The van der Waals surface area contributed by atoms with Crippen molar-refractivity contribution in [2.45, 2.75) is 25.7 Å². The second-order valence-corrected chi connectivity index (χ2v) is 7.35. The zero-order valence-electron chi connectivity index (χ0n) is 15.9. The van der Waals surface area contributed by atoms with Crippen molar-refractivity contribution in [2.24, 2.45) is 5.92 Å². The number of ether oxygens (including phenoxy) is 1. The zero-order chi connectivity index (χ0) is 20.1. The van der Waals surface area contributed by atoms with Gasteiger partial charge in [0.2, 0.25) is 5.91 Å². The maximum absolute atomic E-state index is 12.3. The Morgan fingerprint density at radius 1 is 1.43 bits per heavy atom. The molecule has 1 aliphatic rings. The number of aromatic nitrogens is 2. The largest absolute Gasteiger partial charge is 0.495 e. The van der Waals surface area contributed by atoms with Gasteiger partial charge in [0.1, 0.15) is 16.6 Å². The van der Waals surface area contributed by atoms with Crippen LogP contribution in [-0.4, -0.2) is 41.0 Å². The fraction of sp³-hybridized carbons (Fsp3) is 0.400. The Kier molecular flexibility index (Phi) is 6.32. The Hall–Kier alpha value is -2.85. The van der Waals surface area contributed by atoms with Gasteiger partial charge in [0.25, 0.3) is 0 Å². The number of carbonyl (C=O) groups is 1. The number of piperidine rings is 1. The number of nitrogens with one attached hydrogen (secondary N) is 1. The van der Waals surface area contributed by atoms with Crippen LogP contribution >= 0.6 is 11.6 Å². The predicted octanol–water partition coefficient (Wildman–Crippen LogP) is 3.23. The number of pyridine rings is 2. The summed E-state index contributed by atoms with van der Waals surface area (Å²) in [5.41, 5.74) is 1.84. The van der Waals surface area contributed by atoms with Gasteiger partial charge < -0.3 is 15.0 Å². The van der Waals surface area contributed by atoms with Gasteiger partial charge in [0.05, 0.1) is 19.7 Å². The third-order valence-electron chi connectivity index (χ3n) is 4.95. The lowest BCUT2D eigenvalue weighted by Gasteiger charge is -2.33. The van der Waals surface area contributed by atoms with Crippen molar-refractivity contribution in [1.29, 1.82) is 5.26 Å². The van der Waals surface area contributed by atoms with Crippen LogP contribution < -0.4 is 10.1 Å². The fourth-order valence-electron chi connectivity index (χ4n) is 3.45. The maximum Gasteiger partial charge on any atom is 0.230 e. The molecule has 2 aromatic heterocycles. The highest BCUT2D eigenvalue weighted by molar-refractivity contribution is 6.32. The molecule has 3 rings (SSSR count). The SMILES string of the molecule is COc1cc(NC(=O)Cc2ccc(C3CCN(C#N)CC3C)nc2)ncc1Cl. The highest BCUT2D eigenvalue weighted by Crippen LogP contribution is 2.31. The standard InChI is InChI=1S/C20H22ClN5O2/c1-13-11-26(12-22)6-5-15(13)17-4-3-14(9-23-17)7-20(27)25-19-8-18(28-2)16(21)10-24-19/h3-4,8-10,13,15H,5-7,11H2,1-2H3,(H,24,25,27). The second-order valence-electron chi connectivity index (χ2n) is 6.94. The van der Waals surface area contributed by atoms with E-state index < -0.39 is 0 Å². The lowest BCUT2D eigenvalue weighted by Crippen LogP contribution is -2.35. The molecule has 2 unspecified atom stereocenters. The number of nitriles is 1. The maximum atomic E-state index is 12.3. The molecule has 146 valence electrons. The lowest BCUT2D eigenvalue weighted by molar-refractivity contribution is -0.115. The van der Waals surface area contributed by atoms with Crippen LogP contribution in [0, 0.1) is 17.4 Å². The van der Waals surface area contributed by atoms with Gasteiger partial charge in [-0.2, -0.15) is 5.26 Å². The minimum absolute atomic E-state index is 0.192. The minimum atomic E-state index is -0.192. The molecule has 1 aliphatic heterocycles. The Morgan fingerprint density at radius 2 is 2.25 bits per heavy atom. The molecule has 1 amide bonds. The molecule has 0 spiro atoms. The highest BCUT2D eigenvalue weighted by Gasteiger charge is 2.27. The molecule has 1 N–H and O–H groups in total. The van der Waals surface area contributed by atoms with Crippen LogP contribution in [0.15, 0.2) is 30.6 Å². The number of nitrogens with zero attached hydrogens (tertiary/aromatic N) is 4. The smallest absolute Gasteiger partial charge is 0.230 e. The summed E-state index contributed by atoms with van der Waals surface area (Å²) in [5.74, 6) is 1.34. The van der Waals surface area contributed by atoms with E-state index in [1.807, 2.05) is 12.1 Å². The number of hydrogen-bond acceptors (Lipinski definition) is 6. The fourth-order valence-corrected chi connectivity index (χ4v) is 3.63. The van der Waals surface area contributed by atoms with Crippen LogP contribution in [0.2, 0.25) is 5.02 Å². The zero-order valence-corrected chi connectivity index (χ0v) is 16.6. The molecular weight excluding hydrogens is 378 g/mol. The average Bonchev–Trinajstić information content (AvgIpc) is 2.70. The number of amides is 1. The molecule has 0 bridgehead atoms. The number of hydrogen-bond donors (Lipinski definition) is 1. The number of likely N-dealkylation sites (tertiary alicyclic amines) is 1. The van der Waals surface area contributed by atoms with Gasteiger partial charge in [-0.3, -0.25) is 9.78 Å². The third-order valence-corrected chi connectivity index (χ3v) is 5.23. The molecule has 1 fully saturated rings. The van der Waals surface area contributed by atoms with E-state index in [1.54, 1.807) is 17.2 Å². The van der Waals surface area contributed by atoms with Crippen LogP contribution in [0.5, 0.6) is 5.75 Å². The van der Waals surface area contributed by atoms with E-state index in [2.05, 4.69) is 28.4 Å². The van der Waals surface area contributed by atoms with Gasteiger partial charge in [0.15, 0.2) is 6.19 Å². The molecular formula is C20H22ClN5O2. The quantitative estimate of drug-likeness (QED) is 0.776. The van der Waals surface area contributed by atoms with E-state index in [0.717, 1.165) is 30.8 Å². The van der Waals surface area contributed by atoms with Crippen molar-refractivity contribution < 1.29 is 9.53 Å². The van der Waals surface area contributed by atoms with E-state index in [4.69, 9.17) is 21.6 Å². The highest BCUT2D eigenvalue weighted by atomic mass is 35.5. The van der Waals surface area contributed by atoms with Crippen LogP contribution in [0.1, 0.15) is 30.5 Å². The molecule has 2 atom stereocenters. The lowest BCUT2D eigenvalue weighted by atomic mass is 9.84. The monoisotopic (exact) mass is 399 g/mol. The van der Waals surface area contributed by atoms with Gasteiger partial charge in [-0.05, 0) is 24.0 Å². The molecule has 1 saturated heterocycles. The summed E-state index contributed by atoms with van der Waals surface area (Å²) in [4.78, 5) is 22.7. The topological polar surface area (TPSA) is 91.1 Å². The molecule has 7 nitrogen and oxygen atoms in total. The van der Waals surface area contributed by atoms with Crippen molar-refractivity contribution in [3.05, 3.63) is 46.9 Å². The van der Waals surface area contributed by atoms with Gasteiger partial charge in [-0.15, -0.1) is 0 Å². The van der Waals surface area contributed by atoms with Crippen molar-refractivity contribution >= 4 is 23.3 Å². The molecule has 0 aliphatic carbocycles. The van der Waals surface area contributed by atoms with Crippen LogP contribution in [-0.2, 0) is 11.2 Å². The summed E-state index contributed by atoms with van der Waals surface area (Å²) < 4.78 is 5.12. The van der Waals surface area contributed by atoms with E-state index in [9.17, 15) is 4.79 Å². The minimum Gasteiger partial charge on any atom is -0.495 e. The molecule has 28 heavy (non-hydrogen) atoms. The molecule has 3 heterocycles. The summed E-state index contributed by atoms with van der Waals surface area (Å²) >= 11 is 5.94. The summed E-state index contributed by atoms with van der Waals surface area (Å²) in [6.45, 7) is 3.66. The average molecular weight is 400 g/mol. The summed E-state index contributed by atoms with van der Waals surface area (Å²) in [5, 5.41) is 12.2. The van der Waals surface area contributed by atoms with Crippen LogP contribution in [0.25, 0.3) is 0 Å². The molecule has 2 aromatic rings. The van der Waals surface area contributed by atoms with Gasteiger partial charge in [0, 0.05) is 37.0 Å². The number of anilines is 1. The number of halogens is 1. The Morgan fingerprint density at radius 3 is 2.89 bits per heavy atom. The molecule has 8 heteroatoms. The van der Waals surface area contributed by atoms with Crippen molar-refractivity contribution in [3.63, 3.8) is 0 Å². The normalized spacial score (nSPS) is 19.0. The Balaban J connectivity index is 1.60. The van der Waals surface area contributed by atoms with E-state index >= 15 is 0 Å². The van der Waals surface area contributed by atoms with E-state index in [-0.39, 0.29) is 12.3 Å². The first kappa shape index (κ1) is 19.9. The van der Waals surface area contributed by atoms with Gasteiger partial charge >= 0.3 is 0 Å². The van der Waals surface area contributed by atoms with Crippen LogP contribution in [0.4, 0.5) is 5.82 Å². The first-order chi connectivity index (χ1) is 13.5. The van der Waals surface area contributed by atoms with Crippen molar-refractivity contribution in [3.8, 4) is 11.9 Å². The molecule has 0 aromatic carbocycles. The number of methoxy groups -OCH3 is 1.